The fourth-order valence-corrected chi connectivity index (χ4v) is 5.55. The summed E-state index contributed by atoms with van der Waals surface area (Å²) in [6.45, 7) is -0.239. The van der Waals surface area contributed by atoms with Gasteiger partial charge in [-0.3, -0.25) is 14.9 Å². The Morgan fingerprint density at radius 1 is 1.15 bits per heavy atom. The number of imide groups is 1. The minimum Gasteiger partial charge on any atom is -0.427 e. The molecule has 1 spiro atoms. The third kappa shape index (κ3) is 5.02. The molecule has 5 rings (SSSR count). The van der Waals surface area contributed by atoms with Crippen LogP contribution >= 0.6 is 0 Å². The number of hydrogen-bond donors (Lipinski definition) is 3. The summed E-state index contributed by atoms with van der Waals surface area (Å²) in [6.07, 6.45) is -4.93. The third-order valence-corrected chi connectivity index (χ3v) is 7.50. The van der Waals surface area contributed by atoms with Gasteiger partial charge >= 0.3 is 18.3 Å². The lowest BCUT2D eigenvalue weighted by molar-refractivity contribution is -0.196. The molecule has 3 aliphatic rings. The van der Waals surface area contributed by atoms with E-state index in [2.05, 4.69) is 16.0 Å². The average molecular weight is 545 g/mol. The van der Waals surface area contributed by atoms with Gasteiger partial charge in [0, 0.05) is 31.3 Å². The number of anilines is 1. The number of hydrogen-bond acceptors (Lipinski definition) is 5. The number of ether oxygens (including phenoxy) is 1. The Labute approximate surface area is 222 Å². The number of alkyl halides is 3. The molecule has 206 valence electrons. The molecule has 2 fully saturated rings. The van der Waals surface area contributed by atoms with Crippen LogP contribution in [0.5, 0.6) is 0 Å². The zero-order valence-corrected chi connectivity index (χ0v) is 21.1. The van der Waals surface area contributed by atoms with Gasteiger partial charge < -0.3 is 20.3 Å². The average Bonchev–Trinajstić information content (AvgIpc) is 3.57. The number of nitrogens with one attached hydrogen (secondary N) is 3. The molecule has 1 aliphatic heterocycles. The van der Waals surface area contributed by atoms with Gasteiger partial charge in [-0.05, 0) is 47.9 Å². The van der Waals surface area contributed by atoms with Crippen LogP contribution in [0.25, 0.3) is 0 Å². The van der Waals surface area contributed by atoms with Gasteiger partial charge in [0.2, 0.25) is 11.5 Å². The lowest BCUT2D eigenvalue weighted by atomic mass is 9.91. The van der Waals surface area contributed by atoms with Crippen molar-refractivity contribution in [1.29, 1.82) is 0 Å². The summed E-state index contributed by atoms with van der Waals surface area (Å²) in [5.74, 6) is -2.10. The van der Waals surface area contributed by atoms with Crippen LogP contribution in [0.2, 0.25) is 0 Å². The van der Waals surface area contributed by atoms with Crippen LogP contribution in [-0.2, 0) is 39.3 Å². The minimum atomic E-state index is -4.63. The molecule has 0 bridgehead atoms. The zero-order chi connectivity index (χ0) is 27.9. The molecule has 1 saturated carbocycles. The first-order chi connectivity index (χ1) is 18.5. The molecule has 2 aliphatic carbocycles. The first kappa shape index (κ1) is 26.5. The number of amides is 5. The van der Waals surface area contributed by atoms with Crippen molar-refractivity contribution in [3.8, 4) is 0 Å². The summed E-state index contributed by atoms with van der Waals surface area (Å²) in [7, 11) is 1.40. The van der Waals surface area contributed by atoms with E-state index in [4.69, 9.17) is 4.74 Å². The standard InChI is InChI=1S/C27H27F3N4O5/c1-31-24(37)32-20-10-9-19-17(11-12-26(19)23(36)33-25(38)39-26)18(20)13-21(35)34(14-15-5-3-2-4-6-15)22(16-7-8-16)27(28,29)30/h2-6,9-10,16,22H,7-8,11-14H2,1H3,(H2,31,32,37)(H,33,36,38)/t22?,26-/m1/s1. The van der Waals surface area contributed by atoms with Crippen LogP contribution in [0.4, 0.5) is 28.4 Å². The molecular formula is C27H27F3N4O5. The van der Waals surface area contributed by atoms with Crippen LogP contribution in [0.1, 0.15) is 41.5 Å². The van der Waals surface area contributed by atoms with Gasteiger partial charge in [0.15, 0.2) is 0 Å². The molecule has 1 saturated heterocycles. The SMILES string of the molecule is CNC(=O)Nc1ccc2c(c1CC(=O)N(Cc1ccccc1)C(C1CC1)C(F)(F)F)CC[C@@]21OC(=O)NC1=O. The molecule has 2 atom stereocenters. The van der Waals surface area contributed by atoms with E-state index in [-0.39, 0.29) is 30.6 Å². The maximum absolute atomic E-state index is 14.3. The van der Waals surface area contributed by atoms with Gasteiger partial charge in [-0.15, -0.1) is 0 Å². The fraction of sp³-hybridized carbons (Fsp3) is 0.407. The number of urea groups is 1. The molecule has 5 amide bonds. The highest BCUT2D eigenvalue weighted by atomic mass is 19.4. The van der Waals surface area contributed by atoms with Crippen LogP contribution in [0.3, 0.4) is 0 Å². The smallest absolute Gasteiger partial charge is 0.415 e. The Hall–Kier alpha value is -4.09. The lowest BCUT2D eigenvalue weighted by Gasteiger charge is -2.34. The van der Waals surface area contributed by atoms with Crippen molar-refractivity contribution in [3.63, 3.8) is 0 Å². The van der Waals surface area contributed by atoms with Crippen LogP contribution in [0, 0.1) is 5.92 Å². The first-order valence-corrected chi connectivity index (χ1v) is 12.6. The summed E-state index contributed by atoms with van der Waals surface area (Å²) in [6, 6.07) is 8.91. The molecule has 39 heavy (non-hydrogen) atoms. The summed E-state index contributed by atoms with van der Waals surface area (Å²) in [5.41, 5.74) is 0.303. The number of halogens is 3. The molecule has 3 N–H and O–H groups in total. The van der Waals surface area contributed by atoms with E-state index >= 15 is 0 Å². The van der Waals surface area contributed by atoms with E-state index in [1.54, 1.807) is 30.3 Å². The highest BCUT2D eigenvalue weighted by Crippen LogP contribution is 2.47. The second-order valence-corrected chi connectivity index (χ2v) is 10.0. The number of carbonyl (C=O) groups excluding carboxylic acids is 4. The van der Waals surface area contributed by atoms with Gasteiger partial charge in [0.05, 0.1) is 6.42 Å². The van der Waals surface area contributed by atoms with Crippen molar-refractivity contribution in [3.05, 3.63) is 64.7 Å². The van der Waals surface area contributed by atoms with Gasteiger partial charge in [0.25, 0.3) is 5.91 Å². The summed E-state index contributed by atoms with van der Waals surface area (Å²) < 4.78 is 48.3. The molecule has 1 unspecified atom stereocenters. The van der Waals surface area contributed by atoms with Crippen molar-refractivity contribution in [1.82, 2.24) is 15.5 Å². The molecule has 2 aromatic carbocycles. The Bertz CT molecular complexity index is 1330. The van der Waals surface area contributed by atoms with Gasteiger partial charge in [0.1, 0.15) is 6.04 Å². The van der Waals surface area contributed by atoms with Crippen molar-refractivity contribution in [2.24, 2.45) is 5.92 Å². The molecule has 1 heterocycles. The van der Waals surface area contributed by atoms with Crippen LogP contribution in [-0.4, -0.2) is 48.1 Å². The molecule has 0 aromatic heterocycles. The predicted molar refractivity (Wildman–Crippen MR) is 132 cm³/mol. The van der Waals surface area contributed by atoms with Gasteiger partial charge in [-0.1, -0.05) is 36.4 Å². The van der Waals surface area contributed by atoms with Crippen molar-refractivity contribution in [2.45, 2.75) is 56.5 Å². The molecular weight excluding hydrogens is 517 g/mol. The van der Waals surface area contributed by atoms with Gasteiger partial charge in [-0.25, -0.2) is 9.59 Å². The van der Waals surface area contributed by atoms with E-state index in [1.165, 1.54) is 19.2 Å². The second kappa shape index (κ2) is 9.90. The quantitative estimate of drug-likeness (QED) is 0.491. The number of alkyl carbamates (subject to hydrolysis) is 1. The molecule has 2 aromatic rings. The number of carbonyl (C=O) groups is 4. The topological polar surface area (TPSA) is 117 Å². The number of rotatable bonds is 7. The Morgan fingerprint density at radius 3 is 2.46 bits per heavy atom. The predicted octanol–water partition coefficient (Wildman–Crippen LogP) is 3.76. The summed E-state index contributed by atoms with van der Waals surface area (Å²) >= 11 is 0. The largest absolute Gasteiger partial charge is 0.427 e. The van der Waals surface area contributed by atoms with Gasteiger partial charge in [-0.2, -0.15) is 13.2 Å². The highest BCUT2D eigenvalue weighted by Gasteiger charge is 2.56. The Morgan fingerprint density at radius 2 is 1.87 bits per heavy atom. The summed E-state index contributed by atoms with van der Waals surface area (Å²) in [4.78, 5) is 51.4. The number of fused-ring (bicyclic) bond motifs is 2. The van der Waals surface area contributed by atoms with E-state index in [1.807, 2.05) is 0 Å². The monoisotopic (exact) mass is 544 g/mol. The maximum Gasteiger partial charge on any atom is 0.415 e. The molecule has 9 nitrogen and oxygen atoms in total. The number of nitrogens with zero attached hydrogens (tertiary/aromatic N) is 1. The van der Waals surface area contributed by atoms with Crippen LogP contribution in [0.15, 0.2) is 42.5 Å². The normalized spacial score (nSPS) is 20.7. The molecule has 12 heteroatoms. The first-order valence-electron chi connectivity index (χ1n) is 12.6. The van der Waals surface area contributed by atoms with Crippen molar-refractivity contribution >= 4 is 29.6 Å². The van der Waals surface area contributed by atoms with E-state index in [0.29, 0.717) is 29.5 Å². The number of benzene rings is 2. The summed E-state index contributed by atoms with van der Waals surface area (Å²) in [5, 5.41) is 7.16. The van der Waals surface area contributed by atoms with E-state index in [0.717, 1.165) is 4.90 Å². The van der Waals surface area contributed by atoms with E-state index in [9.17, 15) is 32.3 Å². The third-order valence-electron chi connectivity index (χ3n) is 7.50. The van der Waals surface area contributed by atoms with E-state index < -0.39 is 54.1 Å². The Balaban J connectivity index is 1.55. The highest BCUT2D eigenvalue weighted by molar-refractivity contribution is 6.04. The molecule has 0 radical (unpaired) electrons. The van der Waals surface area contributed by atoms with Crippen molar-refractivity contribution in [2.75, 3.05) is 12.4 Å². The fourth-order valence-electron chi connectivity index (χ4n) is 5.55. The second-order valence-electron chi connectivity index (χ2n) is 10.0. The maximum atomic E-state index is 14.3. The Kier molecular flexibility index (Phi) is 6.73. The van der Waals surface area contributed by atoms with Crippen molar-refractivity contribution < 1.29 is 37.1 Å². The lowest BCUT2D eigenvalue weighted by Crippen LogP contribution is -2.50. The van der Waals surface area contributed by atoms with Crippen LogP contribution < -0.4 is 16.0 Å². The zero-order valence-electron chi connectivity index (χ0n) is 21.1. The minimum absolute atomic E-state index is 0.103.